The monoisotopic (exact) mass is 223 g/mol. The van der Waals surface area contributed by atoms with Crippen molar-refractivity contribution in [3.63, 3.8) is 0 Å². The molecule has 0 radical (unpaired) electrons. The molecule has 0 aliphatic carbocycles. The minimum absolute atomic E-state index is 0.412. The van der Waals surface area contributed by atoms with Gasteiger partial charge in [-0.1, -0.05) is 39.0 Å². The average Bonchev–Trinajstić information content (AvgIpc) is 2.34. The van der Waals surface area contributed by atoms with Crippen LogP contribution in [0.4, 0.5) is 0 Å². The van der Waals surface area contributed by atoms with Crippen molar-refractivity contribution >= 4 is 6.47 Å². The molecule has 0 amide bonds. The van der Waals surface area contributed by atoms with E-state index in [0.717, 1.165) is 0 Å². The quantitative estimate of drug-likeness (QED) is 0.718. The molecule has 0 fully saturated rings. The Morgan fingerprint density at radius 1 is 1.06 bits per heavy atom. The Morgan fingerprint density at radius 3 is 1.88 bits per heavy atom. The summed E-state index contributed by atoms with van der Waals surface area (Å²) in [6.45, 7) is 10.5. The number of ether oxygens (including phenoxy) is 1. The minimum Gasteiger partial charge on any atom is -0.429 e. The van der Waals surface area contributed by atoms with Crippen molar-refractivity contribution in [1.29, 1.82) is 0 Å². The second-order valence-corrected chi connectivity index (χ2v) is 3.15. The van der Waals surface area contributed by atoms with Gasteiger partial charge >= 0.3 is 0 Å². The van der Waals surface area contributed by atoms with Crippen molar-refractivity contribution in [1.82, 2.24) is 4.90 Å². The maximum Gasteiger partial charge on any atom is 0.298 e. The first kappa shape index (κ1) is 14.6. The Labute approximate surface area is 98.0 Å². The zero-order valence-electron chi connectivity index (χ0n) is 10.3. The fourth-order valence-electron chi connectivity index (χ4n) is 1.23. The van der Waals surface area contributed by atoms with Crippen LogP contribution in [0.3, 0.4) is 0 Å². The highest BCUT2D eigenvalue weighted by atomic mass is 16.5. The predicted molar refractivity (Wildman–Crippen MR) is 66.6 cm³/mol. The molecule has 3 heteroatoms. The van der Waals surface area contributed by atoms with Crippen LogP contribution in [0.1, 0.15) is 20.8 Å². The van der Waals surface area contributed by atoms with Crippen LogP contribution in [-0.4, -0.2) is 31.0 Å². The molecule has 16 heavy (non-hydrogen) atoms. The van der Waals surface area contributed by atoms with Crippen LogP contribution in [0.15, 0.2) is 30.3 Å². The predicted octanol–water partition coefficient (Wildman–Crippen LogP) is 2.57. The first-order valence-electron chi connectivity index (χ1n) is 5.66. The molecular formula is C13H21NO2. The van der Waals surface area contributed by atoms with Gasteiger partial charge in [0, 0.05) is 0 Å². The molecular weight excluding hydrogens is 202 g/mol. The van der Waals surface area contributed by atoms with E-state index in [1.807, 2.05) is 6.07 Å². The van der Waals surface area contributed by atoms with Gasteiger partial charge in [0.1, 0.15) is 5.75 Å². The van der Waals surface area contributed by atoms with Gasteiger partial charge in [0.15, 0.2) is 0 Å². The minimum atomic E-state index is 0.412. The number of benzene rings is 1. The smallest absolute Gasteiger partial charge is 0.298 e. The van der Waals surface area contributed by atoms with Crippen molar-refractivity contribution in [3.8, 4) is 5.75 Å². The first-order chi connectivity index (χ1) is 7.78. The lowest BCUT2D eigenvalue weighted by molar-refractivity contribution is -0.120. The summed E-state index contributed by atoms with van der Waals surface area (Å²) in [7, 11) is 0. The zero-order chi connectivity index (χ0) is 12.2. The summed E-state index contributed by atoms with van der Waals surface area (Å²) >= 11 is 0. The number of para-hydroxylation sites is 1. The lowest BCUT2D eigenvalue weighted by Gasteiger charge is -2.13. The second-order valence-electron chi connectivity index (χ2n) is 3.15. The summed E-state index contributed by atoms with van der Waals surface area (Å²) in [4.78, 5) is 12.1. The third-order valence-corrected chi connectivity index (χ3v) is 2.27. The van der Waals surface area contributed by atoms with Gasteiger partial charge in [-0.05, 0) is 31.8 Å². The van der Waals surface area contributed by atoms with Crippen LogP contribution in [0.2, 0.25) is 0 Å². The van der Waals surface area contributed by atoms with E-state index in [9.17, 15) is 4.79 Å². The third-order valence-electron chi connectivity index (χ3n) is 2.27. The van der Waals surface area contributed by atoms with E-state index in [1.165, 1.54) is 19.6 Å². The molecule has 3 nitrogen and oxygen atoms in total. The summed E-state index contributed by atoms with van der Waals surface area (Å²) in [5.74, 6) is 0.576. The van der Waals surface area contributed by atoms with E-state index in [1.54, 1.807) is 24.3 Å². The first-order valence-corrected chi connectivity index (χ1v) is 5.66. The van der Waals surface area contributed by atoms with Crippen LogP contribution >= 0.6 is 0 Å². The van der Waals surface area contributed by atoms with Crippen molar-refractivity contribution < 1.29 is 9.53 Å². The van der Waals surface area contributed by atoms with E-state index in [-0.39, 0.29) is 0 Å². The molecule has 0 aliphatic rings. The highest BCUT2D eigenvalue weighted by molar-refractivity contribution is 5.44. The van der Waals surface area contributed by atoms with Crippen molar-refractivity contribution in [2.75, 3.05) is 19.6 Å². The topological polar surface area (TPSA) is 29.5 Å². The Bertz CT molecular complexity index is 252. The summed E-state index contributed by atoms with van der Waals surface area (Å²) in [6, 6.07) is 8.90. The van der Waals surface area contributed by atoms with E-state index >= 15 is 0 Å². The SMILES string of the molecule is CCN(CC)CC.O=COc1ccccc1. The standard InChI is InChI=1S/C7H6O2.C6H15N/c8-6-9-7-4-2-1-3-5-7;1-4-7(5-2)6-3/h1-6H;4-6H2,1-3H3. The number of rotatable bonds is 5. The van der Waals surface area contributed by atoms with Gasteiger partial charge in [0.05, 0.1) is 0 Å². The summed E-state index contributed by atoms with van der Waals surface area (Å²) in [6.07, 6.45) is 0. The number of carbonyl (C=O) groups excluding carboxylic acids is 1. The van der Waals surface area contributed by atoms with Crippen LogP contribution in [-0.2, 0) is 4.79 Å². The Hall–Kier alpha value is -1.35. The van der Waals surface area contributed by atoms with E-state index in [2.05, 4.69) is 30.4 Å². The van der Waals surface area contributed by atoms with Gasteiger partial charge in [-0.25, -0.2) is 0 Å². The molecule has 0 saturated heterocycles. The van der Waals surface area contributed by atoms with Crippen molar-refractivity contribution in [2.24, 2.45) is 0 Å². The van der Waals surface area contributed by atoms with Gasteiger partial charge in [-0.2, -0.15) is 0 Å². The third kappa shape index (κ3) is 7.01. The molecule has 0 aliphatic heterocycles. The highest BCUT2D eigenvalue weighted by Gasteiger charge is 1.89. The van der Waals surface area contributed by atoms with Crippen LogP contribution in [0.5, 0.6) is 5.75 Å². The Kier molecular flexibility index (Phi) is 9.32. The number of hydrogen-bond acceptors (Lipinski definition) is 3. The molecule has 0 unspecified atom stereocenters. The molecule has 0 heterocycles. The molecule has 1 aromatic rings. The van der Waals surface area contributed by atoms with Gasteiger partial charge < -0.3 is 9.64 Å². The zero-order valence-corrected chi connectivity index (χ0v) is 10.3. The molecule has 0 N–H and O–H groups in total. The summed E-state index contributed by atoms with van der Waals surface area (Å²) in [5.41, 5.74) is 0. The molecule has 0 spiro atoms. The second kappa shape index (κ2) is 10.2. The summed E-state index contributed by atoms with van der Waals surface area (Å²) < 4.78 is 4.53. The molecule has 0 saturated carbocycles. The van der Waals surface area contributed by atoms with Crippen molar-refractivity contribution in [3.05, 3.63) is 30.3 Å². The highest BCUT2D eigenvalue weighted by Crippen LogP contribution is 2.05. The van der Waals surface area contributed by atoms with Gasteiger partial charge in [0.2, 0.25) is 0 Å². The van der Waals surface area contributed by atoms with Gasteiger partial charge in [0.25, 0.3) is 6.47 Å². The van der Waals surface area contributed by atoms with Gasteiger partial charge in [-0.15, -0.1) is 0 Å². The molecule has 90 valence electrons. The molecule has 0 atom stereocenters. The molecule has 1 aromatic carbocycles. The maximum atomic E-state index is 9.75. The molecule has 0 aromatic heterocycles. The Balaban J connectivity index is 0.000000293. The van der Waals surface area contributed by atoms with E-state index in [4.69, 9.17) is 0 Å². The summed E-state index contributed by atoms with van der Waals surface area (Å²) in [5, 5.41) is 0. The van der Waals surface area contributed by atoms with Crippen LogP contribution in [0, 0.1) is 0 Å². The van der Waals surface area contributed by atoms with E-state index in [0.29, 0.717) is 12.2 Å². The van der Waals surface area contributed by atoms with Gasteiger partial charge in [-0.3, -0.25) is 4.79 Å². The average molecular weight is 223 g/mol. The largest absolute Gasteiger partial charge is 0.429 e. The van der Waals surface area contributed by atoms with Crippen molar-refractivity contribution in [2.45, 2.75) is 20.8 Å². The fourth-order valence-corrected chi connectivity index (χ4v) is 1.23. The normalized spacial score (nSPS) is 9.25. The van der Waals surface area contributed by atoms with E-state index < -0.39 is 0 Å². The lowest BCUT2D eigenvalue weighted by Crippen LogP contribution is -2.21. The molecule has 0 bridgehead atoms. The lowest BCUT2D eigenvalue weighted by atomic mass is 10.3. The number of hydrogen-bond donors (Lipinski definition) is 0. The molecule has 1 rings (SSSR count). The number of carbonyl (C=O) groups is 1. The van der Waals surface area contributed by atoms with Crippen LogP contribution < -0.4 is 4.74 Å². The number of nitrogens with zero attached hydrogens (tertiary/aromatic N) is 1. The fraction of sp³-hybridized carbons (Fsp3) is 0.462. The van der Waals surface area contributed by atoms with Crippen LogP contribution in [0.25, 0.3) is 0 Å². The Morgan fingerprint density at radius 2 is 1.56 bits per heavy atom. The maximum absolute atomic E-state index is 9.75.